The molecule has 13 heavy (non-hydrogen) atoms. The van der Waals surface area contributed by atoms with Gasteiger partial charge in [0.1, 0.15) is 17.9 Å². The second-order valence-electron chi connectivity index (χ2n) is 5.88. The van der Waals surface area contributed by atoms with Gasteiger partial charge in [0.2, 0.25) is 0 Å². The molecule has 2 radical (unpaired) electrons. The van der Waals surface area contributed by atoms with Crippen LogP contribution in [0.5, 0.6) is 0 Å². The Morgan fingerprint density at radius 1 is 0.692 bits per heavy atom. The van der Waals surface area contributed by atoms with E-state index in [4.69, 9.17) is 0 Å². The molecule has 0 fully saturated rings. The molecular weight excluding hydrogens is 190 g/mol. The molecule has 0 aliphatic heterocycles. The molecule has 0 bridgehead atoms. The summed E-state index contributed by atoms with van der Waals surface area (Å²) in [6, 6.07) is 0. The van der Waals surface area contributed by atoms with Gasteiger partial charge in [-0.15, -0.1) is 0 Å². The molecule has 3 heteroatoms. The van der Waals surface area contributed by atoms with Crippen LogP contribution < -0.4 is 4.65 Å². The highest BCUT2D eigenvalue weighted by Gasteiger charge is 2.29. The Balaban J connectivity index is 4.15. The average molecular weight is 215 g/mol. The highest BCUT2D eigenvalue weighted by molar-refractivity contribution is 6.74. The Kier molecular flexibility index (Phi) is 4.41. The van der Waals surface area contributed by atoms with E-state index in [1.165, 1.54) is 0 Å². The largest absolute Gasteiger partial charge is 0.360 e. The molecule has 0 aromatic heterocycles. The van der Waals surface area contributed by atoms with Crippen molar-refractivity contribution in [2.24, 2.45) is 0 Å². The molecule has 0 unspecified atom stereocenters. The summed E-state index contributed by atoms with van der Waals surface area (Å²) in [7, 11) is -0.783. The van der Waals surface area contributed by atoms with Gasteiger partial charge >= 0.3 is 0 Å². The fraction of sp³-hybridized carbons (Fsp3) is 1.00. The summed E-state index contributed by atoms with van der Waals surface area (Å²) in [5, 5.41) is 0.948. The molecular formula is C10H25NSi2. The number of hydrogen-bond donors (Lipinski definition) is 1. The molecule has 78 valence electrons. The smallest absolute Gasteiger partial charge is 0.128 e. The van der Waals surface area contributed by atoms with E-state index in [1.807, 2.05) is 0 Å². The van der Waals surface area contributed by atoms with Gasteiger partial charge < -0.3 is 4.65 Å². The molecule has 0 amide bonds. The van der Waals surface area contributed by atoms with E-state index < -0.39 is 17.9 Å². The minimum absolute atomic E-state index is 0.391. The van der Waals surface area contributed by atoms with Crippen molar-refractivity contribution < 1.29 is 0 Å². The number of rotatable bonds is 2. The standard InChI is InChI=1S/C10H25NSi2/c1-9(2,3)12(7)11-13(8)10(4,5)6/h11H,1-8H3. The van der Waals surface area contributed by atoms with Crippen LogP contribution in [0.4, 0.5) is 0 Å². The SMILES string of the molecule is C[Si](N[Si](C)C(C)(C)C)C(C)(C)C. The van der Waals surface area contributed by atoms with Crippen LogP contribution in [0, 0.1) is 0 Å². The molecule has 0 spiro atoms. The Morgan fingerprint density at radius 2 is 0.923 bits per heavy atom. The van der Waals surface area contributed by atoms with Crippen LogP contribution in [0.15, 0.2) is 0 Å². The van der Waals surface area contributed by atoms with Gasteiger partial charge in [0.15, 0.2) is 0 Å². The Hall–Kier alpha value is 0.394. The molecule has 0 saturated carbocycles. The van der Waals surface area contributed by atoms with Gasteiger partial charge in [-0.1, -0.05) is 54.6 Å². The molecule has 0 aromatic carbocycles. The first-order chi connectivity index (χ1) is 5.55. The third kappa shape index (κ3) is 4.98. The van der Waals surface area contributed by atoms with E-state index in [0.29, 0.717) is 10.1 Å². The lowest BCUT2D eigenvalue weighted by molar-refractivity contribution is 0.709. The summed E-state index contributed by atoms with van der Waals surface area (Å²) in [6.07, 6.45) is 0. The van der Waals surface area contributed by atoms with Crippen molar-refractivity contribution in [3.8, 4) is 0 Å². The topological polar surface area (TPSA) is 12.0 Å². The van der Waals surface area contributed by atoms with Crippen molar-refractivity contribution in [2.75, 3.05) is 0 Å². The predicted octanol–water partition coefficient (Wildman–Crippen LogP) is 3.42. The van der Waals surface area contributed by atoms with E-state index >= 15 is 0 Å². The van der Waals surface area contributed by atoms with Crippen LogP contribution in [-0.4, -0.2) is 17.9 Å². The molecule has 0 rings (SSSR count). The van der Waals surface area contributed by atoms with Gasteiger partial charge in [-0.25, -0.2) is 0 Å². The zero-order valence-electron chi connectivity index (χ0n) is 10.5. The van der Waals surface area contributed by atoms with Crippen molar-refractivity contribution in [1.29, 1.82) is 0 Å². The zero-order valence-corrected chi connectivity index (χ0v) is 12.5. The van der Waals surface area contributed by atoms with Crippen molar-refractivity contribution in [2.45, 2.75) is 64.7 Å². The Labute approximate surface area is 87.7 Å². The van der Waals surface area contributed by atoms with E-state index in [0.717, 1.165) is 0 Å². The lowest BCUT2D eigenvalue weighted by atomic mass is 10.3. The van der Waals surface area contributed by atoms with Crippen molar-refractivity contribution in [3.63, 3.8) is 0 Å². The van der Waals surface area contributed by atoms with Gasteiger partial charge in [0.05, 0.1) is 0 Å². The molecule has 0 heterocycles. The highest BCUT2D eigenvalue weighted by Crippen LogP contribution is 2.29. The number of hydrogen-bond acceptors (Lipinski definition) is 1. The molecule has 0 aliphatic rings. The van der Waals surface area contributed by atoms with Crippen LogP contribution in [0.1, 0.15) is 41.5 Å². The van der Waals surface area contributed by atoms with Gasteiger partial charge in [-0.05, 0) is 10.1 Å². The monoisotopic (exact) mass is 215 g/mol. The molecule has 1 nitrogen and oxygen atoms in total. The maximum atomic E-state index is 3.86. The normalized spacial score (nSPS) is 14.3. The summed E-state index contributed by atoms with van der Waals surface area (Å²) in [6.45, 7) is 18.8. The van der Waals surface area contributed by atoms with Crippen LogP contribution in [-0.2, 0) is 0 Å². The maximum absolute atomic E-state index is 3.86. The fourth-order valence-electron chi connectivity index (χ4n) is 0.656. The minimum Gasteiger partial charge on any atom is -0.360 e. The first kappa shape index (κ1) is 13.4. The zero-order chi connectivity index (χ0) is 10.9. The van der Waals surface area contributed by atoms with Crippen molar-refractivity contribution >= 4 is 17.9 Å². The molecule has 0 aliphatic carbocycles. The Morgan fingerprint density at radius 3 is 1.08 bits per heavy atom. The summed E-state index contributed by atoms with van der Waals surface area (Å²) in [5.41, 5.74) is 0. The van der Waals surface area contributed by atoms with Crippen LogP contribution >= 0.6 is 0 Å². The van der Waals surface area contributed by atoms with Gasteiger partial charge in [0.25, 0.3) is 0 Å². The number of nitrogens with one attached hydrogen (secondary N) is 1. The van der Waals surface area contributed by atoms with Gasteiger partial charge in [-0.3, -0.25) is 0 Å². The second kappa shape index (κ2) is 4.28. The van der Waals surface area contributed by atoms with E-state index in [1.54, 1.807) is 0 Å². The third-order valence-corrected chi connectivity index (χ3v) is 10.1. The first-order valence-electron chi connectivity index (χ1n) is 5.00. The Bertz CT molecular complexity index is 137. The van der Waals surface area contributed by atoms with Crippen molar-refractivity contribution in [1.82, 2.24) is 4.65 Å². The first-order valence-corrected chi connectivity index (χ1v) is 9.00. The lowest BCUT2D eigenvalue weighted by Gasteiger charge is -2.33. The predicted molar refractivity (Wildman–Crippen MR) is 65.8 cm³/mol. The third-order valence-electron chi connectivity index (χ3n) is 2.62. The van der Waals surface area contributed by atoms with Gasteiger partial charge in [0, 0.05) is 0 Å². The average Bonchev–Trinajstić information content (AvgIpc) is 1.82. The van der Waals surface area contributed by atoms with Crippen LogP contribution in [0.2, 0.25) is 23.2 Å². The summed E-state index contributed by atoms with van der Waals surface area (Å²) in [4.78, 5) is 0. The lowest BCUT2D eigenvalue weighted by Crippen LogP contribution is -2.50. The quantitative estimate of drug-likeness (QED) is 0.696. The van der Waals surface area contributed by atoms with E-state index in [2.05, 4.69) is 59.3 Å². The minimum atomic E-state index is -0.391. The molecule has 0 atom stereocenters. The van der Waals surface area contributed by atoms with Gasteiger partial charge in [-0.2, -0.15) is 0 Å². The summed E-state index contributed by atoms with van der Waals surface area (Å²) >= 11 is 0. The van der Waals surface area contributed by atoms with E-state index in [-0.39, 0.29) is 0 Å². The fourth-order valence-corrected chi connectivity index (χ4v) is 5.91. The van der Waals surface area contributed by atoms with Crippen molar-refractivity contribution in [3.05, 3.63) is 0 Å². The second-order valence-corrected chi connectivity index (χ2v) is 12.4. The summed E-state index contributed by atoms with van der Waals surface area (Å²) < 4.78 is 3.86. The highest BCUT2D eigenvalue weighted by atomic mass is 28.3. The van der Waals surface area contributed by atoms with Crippen LogP contribution in [0.25, 0.3) is 0 Å². The maximum Gasteiger partial charge on any atom is 0.128 e. The van der Waals surface area contributed by atoms with E-state index in [9.17, 15) is 0 Å². The summed E-state index contributed by atoms with van der Waals surface area (Å²) in [5.74, 6) is 0. The molecule has 0 saturated heterocycles. The van der Waals surface area contributed by atoms with Crippen LogP contribution in [0.3, 0.4) is 0 Å². The molecule has 1 N–H and O–H groups in total. The molecule has 0 aromatic rings.